The molecule has 0 unspecified atom stereocenters. The smallest absolute Gasteiger partial charge is 0.354 e. The van der Waals surface area contributed by atoms with E-state index in [0.29, 0.717) is 29.0 Å². The Morgan fingerprint density at radius 1 is 0.746 bits per heavy atom. The summed E-state index contributed by atoms with van der Waals surface area (Å²) in [5.74, 6) is 5.60. The highest BCUT2D eigenvalue weighted by atomic mass is 16.4. The highest BCUT2D eigenvalue weighted by Gasteiger charge is 2.42. The third-order valence-electron chi connectivity index (χ3n) is 10.0. The van der Waals surface area contributed by atoms with Gasteiger partial charge in [-0.15, -0.1) is 18.8 Å². The molecule has 4 aliphatic rings. The summed E-state index contributed by atoms with van der Waals surface area (Å²) in [6, 6.07) is 16.7. The van der Waals surface area contributed by atoms with E-state index in [0.717, 1.165) is 50.4 Å². The average Bonchev–Trinajstić information content (AvgIpc) is 3.83. The zero-order chi connectivity index (χ0) is 42.5. The molecule has 59 heavy (non-hydrogen) atoms. The Kier molecular flexibility index (Phi) is 12.1. The van der Waals surface area contributed by atoms with Crippen LogP contribution >= 0.6 is 0 Å². The first-order valence-electron chi connectivity index (χ1n) is 19.1. The van der Waals surface area contributed by atoms with Crippen molar-refractivity contribution in [1.82, 2.24) is 19.9 Å². The first kappa shape index (κ1) is 41.6. The molecule has 16 heteroatoms. The van der Waals surface area contributed by atoms with Gasteiger partial charge < -0.3 is 20.6 Å². The number of carboxylic acid groups (broad SMARTS) is 1. The number of pyridine rings is 4. The summed E-state index contributed by atoms with van der Waals surface area (Å²) in [6.07, 6.45) is 15.5. The van der Waals surface area contributed by atoms with Gasteiger partial charge in [-0.2, -0.15) is 0 Å². The third kappa shape index (κ3) is 9.75. The molecule has 8 heterocycles. The Morgan fingerprint density at radius 2 is 1.20 bits per heavy atom. The quantitative estimate of drug-likeness (QED) is 0.141. The molecule has 4 bridgehead atoms. The van der Waals surface area contributed by atoms with Gasteiger partial charge in [0.25, 0.3) is 0 Å². The van der Waals surface area contributed by atoms with Gasteiger partial charge in [0.2, 0.25) is 0 Å². The lowest BCUT2D eigenvalue weighted by molar-refractivity contribution is 0.0690. The number of nitrogens with one attached hydrogen (secondary N) is 2. The summed E-state index contributed by atoms with van der Waals surface area (Å²) >= 11 is 0. The number of ketones is 1. The van der Waals surface area contributed by atoms with Gasteiger partial charge >= 0.3 is 18.0 Å². The van der Waals surface area contributed by atoms with Crippen LogP contribution in [0.1, 0.15) is 67.9 Å². The first-order valence-corrected chi connectivity index (χ1v) is 19.1. The second-order valence-corrected chi connectivity index (χ2v) is 15.7. The number of carbonyl (C=O) groups excluding carboxylic acids is 3. The number of carboxylic acids is 1. The van der Waals surface area contributed by atoms with Crippen LogP contribution < -0.4 is 36.0 Å². The molecule has 304 valence electrons. The molecule has 8 rings (SSSR count). The van der Waals surface area contributed by atoms with Crippen LogP contribution in [0.5, 0.6) is 0 Å². The molecule has 4 aliphatic heterocycles. The largest absolute Gasteiger partial charge is 0.477 e. The number of aromatic nitrogens is 4. The van der Waals surface area contributed by atoms with Gasteiger partial charge in [0, 0.05) is 50.4 Å². The number of hydrogen-bond donors (Lipinski definition) is 4. The number of urea groups is 2. The Morgan fingerprint density at radius 3 is 1.61 bits per heavy atom. The lowest BCUT2D eigenvalue weighted by atomic mass is 9.87. The molecule has 4 aromatic rings. The zero-order valence-electron chi connectivity index (χ0n) is 33.4. The van der Waals surface area contributed by atoms with Crippen molar-refractivity contribution in [2.45, 2.75) is 64.6 Å². The van der Waals surface area contributed by atoms with E-state index in [1.807, 2.05) is 26.0 Å². The van der Waals surface area contributed by atoms with Gasteiger partial charge in [0.1, 0.15) is 17.3 Å². The van der Waals surface area contributed by atoms with Gasteiger partial charge in [0.15, 0.2) is 23.1 Å². The van der Waals surface area contributed by atoms with Crippen LogP contribution in [0.25, 0.3) is 0 Å². The number of amides is 4. The molecule has 0 spiro atoms. The van der Waals surface area contributed by atoms with Crippen LogP contribution in [0.3, 0.4) is 0 Å². The standard InChI is InChI=1S/C22H23N5O2.C16H15N5O3.C5H9N/c1-4-22(2,3)13-18(28)16-8-9-17-20(24-16)27(15-10-12-26(17)14-15)21(29)25-19-7-5-6-11-23-19;22-15(23)11-4-5-12-14(18-11)21(10-6-8-20(12)9-10)16(24)19-13-3-1-2-7-17-13;1-4-5(2,3)6/h1,5-9,11,15H,10,12-14H2,2-3H3,(H,23,25,29);1-5,7,10H,6,8-9H2,(H,22,23)(H,17,19,24);1H,6H2,2-3H3/t15-;10-;/m00./s1. The third-order valence-corrected chi connectivity index (χ3v) is 10.0. The number of fused-ring (bicyclic) bond motifs is 8. The van der Waals surface area contributed by atoms with Crippen molar-refractivity contribution in [2.75, 3.05) is 56.4 Å². The number of nitrogens with zero attached hydrogens (tertiary/aromatic N) is 8. The topological polar surface area (TPSA) is 203 Å². The molecule has 16 nitrogen and oxygen atoms in total. The summed E-state index contributed by atoms with van der Waals surface area (Å²) in [6.45, 7) is 10.4. The summed E-state index contributed by atoms with van der Waals surface area (Å²) in [7, 11) is 0. The molecule has 4 aromatic heterocycles. The van der Waals surface area contributed by atoms with E-state index >= 15 is 0 Å². The highest BCUT2D eigenvalue weighted by Crippen LogP contribution is 2.40. The summed E-state index contributed by atoms with van der Waals surface area (Å²) in [5, 5.41) is 14.8. The average molecular weight is 798 g/mol. The molecule has 0 aromatic carbocycles. The van der Waals surface area contributed by atoms with E-state index < -0.39 is 16.9 Å². The van der Waals surface area contributed by atoms with E-state index in [1.165, 1.54) is 6.07 Å². The molecule has 2 atom stereocenters. The Balaban J connectivity index is 0.000000177. The van der Waals surface area contributed by atoms with Gasteiger partial charge in [-0.3, -0.25) is 25.2 Å². The fourth-order valence-electron chi connectivity index (χ4n) is 6.97. The van der Waals surface area contributed by atoms with Crippen molar-refractivity contribution in [3.8, 4) is 24.7 Å². The first-order chi connectivity index (χ1) is 28.1. The van der Waals surface area contributed by atoms with E-state index in [1.54, 1.807) is 78.5 Å². The molecule has 4 amide bonds. The van der Waals surface area contributed by atoms with Crippen LogP contribution in [0, 0.1) is 30.1 Å². The number of hydrogen-bond acceptors (Lipinski definition) is 11. The lowest BCUT2D eigenvalue weighted by Crippen LogP contribution is -2.48. The molecule has 0 radical (unpaired) electrons. The van der Waals surface area contributed by atoms with Crippen LogP contribution in [-0.4, -0.2) is 92.7 Å². The summed E-state index contributed by atoms with van der Waals surface area (Å²) < 4.78 is 0. The zero-order valence-corrected chi connectivity index (χ0v) is 33.4. The van der Waals surface area contributed by atoms with Crippen LogP contribution in [0.2, 0.25) is 0 Å². The second kappa shape index (κ2) is 17.2. The molecule has 2 saturated heterocycles. The summed E-state index contributed by atoms with van der Waals surface area (Å²) in [5.41, 5.74) is 6.21. The number of Topliss-reactive ketones (excluding diaryl/α,β-unsaturated/α-hetero) is 1. The predicted molar refractivity (Wildman–Crippen MR) is 227 cm³/mol. The minimum atomic E-state index is -1.11. The molecule has 0 saturated carbocycles. The second-order valence-electron chi connectivity index (χ2n) is 15.7. The van der Waals surface area contributed by atoms with E-state index in [4.69, 9.17) is 18.6 Å². The van der Waals surface area contributed by atoms with E-state index in [2.05, 4.69) is 52.2 Å². The molecule has 2 fully saturated rings. The van der Waals surface area contributed by atoms with Gasteiger partial charge in [-0.05, 0) is 89.1 Å². The Labute approximate surface area is 343 Å². The summed E-state index contributed by atoms with van der Waals surface area (Å²) in [4.78, 5) is 74.4. The van der Waals surface area contributed by atoms with Crippen molar-refractivity contribution < 1.29 is 24.3 Å². The van der Waals surface area contributed by atoms with Crippen molar-refractivity contribution in [3.05, 3.63) is 84.4 Å². The highest BCUT2D eigenvalue weighted by molar-refractivity contribution is 6.06. The number of aromatic carboxylic acids is 1. The van der Waals surface area contributed by atoms with Crippen molar-refractivity contribution >= 4 is 58.5 Å². The predicted octanol–water partition coefficient (Wildman–Crippen LogP) is 5.50. The van der Waals surface area contributed by atoms with Crippen molar-refractivity contribution in [1.29, 1.82) is 0 Å². The van der Waals surface area contributed by atoms with Crippen LogP contribution in [0.4, 0.5) is 44.2 Å². The fraction of sp³-hybridized carbons (Fsp3) is 0.349. The normalized spacial score (nSPS) is 17.1. The minimum Gasteiger partial charge on any atom is -0.477 e. The van der Waals surface area contributed by atoms with E-state index in [9.17, 15) is 24.3 Å². The Bertz CT molecular complexity index is 2300. The maximum atomic E-state index is 13.1. The maximum Gasteiger partial charge on any atom is 0.354 e. The minimum absolute atomic E-state index is 0.00575. The molecule has 0 aliphatic carbocycles. The molecule has 5 N–H and O–H groups in total. The van der Waals surface area contributed by atoms with Crippen molar-refractivity contribution in [3.63, 3.8) is 0 Å². The Hall–Kier alpha value is -7.04. The molecular formula is C43H47N11O5. The number of nitrogens with two attached hydrogens (primary N) is 1. The fourth-order valence-corrected chi connectivity index (χ4v) is 6.97. The number of terminal acetylenes is 2. The van der Waals surface area contributed by atoms with Crippen LogP contribution in [-0.2, 0) is 0 Å². The monoisotopic (exact) mass is 797 g/mol. The van der Waals surface area contributed by atoms with Crippen molar-refractivity contribution in [2.24, 2.45) is 11.1 Å². The SMILES string of the molecule is C#CC(C)(C)CC(=O)c1ccc2c(n1)N(C(=O)Nc1ccccn1)[C@H]1CCN2C1.C#CC(C)(C)N.O=C(O)c1ccc2c(n1)N(C(=O)Nc1ccccn1)[C@H]1CCN2C1. The number of carbonyl (C=O) groups is 4. The van der Waals surface area contributed by atoms with Gasteiger partial charge in [-0.1, -0.05) is 18.1 Å². The maximum absolute atomic E-state index is 13.1. The van der Waals surface area contributed by atoms with Gasteiger partial charge in [-0.25, -0.2) is 34.3 Å². The molecular weight excluding hydrogens is 751 g/mol. The number of rotatable bonds is 6. The van der Waals surface area contributed by atoms with E-state index in [-0.39, 0.29) is 42.0 Å². The van der Waals surface area contributed by atoms with Crippen LogP contribution in [0.15, 0.2) is 73.1 Å². The lowest BCUT2D eigenvalue weighted by Gasteiger charge is -2.35. The van der Waals surface area contributed by atoms with Gasteiger partial charge in [0.05, 0.1) is 29.0 Å². The number of anilines is 6.